The van der Waals surface area contributed by atoms with Gasteiger partial charge in [0.25, 0.3) is 0 Å². The van der Waals surface area contributed by atoms with Crippen molar-refractivity contribution in [3.63, 3.8) is 0 Å². The molecule has 0 bridgehead atoms. The van der Waals surface area contributed by atoms with Gasteiger partial charge in [-0.3, -0.25) is 4.90 Å². The smallest absolute Gasteiger partial charge is 0.408 e. The van der Waals surface area contributed by atoms with Gasteiger partial charge in [-0.25, -0.2) is 4.79 Å². The van der Waals surface area contributed by atoms with Gasteiger partial charge in [0.1, 0.15) is 5.75 Å². The average Bonchev–Trinajstić information content (AvgIpc) is 2.36. The summed E-state index contributed by atoms with van der Waals surface area (Å²) in [6, 6.07) is 6.80. The number of hydrogen-bond donors (Lipinski definition) is 3. The van der Waals surface area contributed by atoms with Crippen molar-refractivity contribution in [3.8, 4) is 5.75 Å². The summed E-state index contributed by atoms with van der Waals surface area (Å²) in [5.41, 5.74) is -0.466. The van der Waals surface area contributed by atoms with Gasteiger partial charge in [0.2, 0.25) is 0 Å². The number of amides is 1. The fourth-order valence-corrected chi connectivity index (χ4v) is 2.67. The Bertz CT molecular complexity index is 478. The summed E-state index contributed by atoms with van der Waals surface area (Å²) in [5, 5.41) is 28.5. The van der Waals surface area contributed by atoms with Crippen LogP contribution in [-0.4, -0.2) is 44.0 Å². The van der Waals surface area contributed by atoms with Crippen LogP contribution in [0.5, 0.6) is 5.75 Å². The zero-order chi connectivity index (χ0) is 16.3. The molecule has 0 heterocycles. The van der Waals surface area contributed by atoms with Gasteiger partial charge in [-0.2, -0.15) is 0 Å². The number of aliphatic hydroxyl groups excluding tert-OH is 1. The average molecular weight is 295 g/mol. The summed E-state index contributed by atoms with van der Waals surface area (Å²) in [5.74, 6) is 0.200. The van der Waals surface area contributed by atoms with Crippen LogP contribution in [0.2, 0.25) is 0 Å². The highest BCUT2D eigenvalue weighted by Crippen LogP contribution is 2.29. The van der Waals surface area contributed by atoms with Crippen molar-refractivity contribution < 1.29 is 20.1 Å². The van der Waals surface area contributed by atoms with E-state index in [1.54, 1.807) is 31.2 Å². The van der Waals surface area contributed by atoms with E-state index in [0.717, 1.165) is 5.56 Å². The van der Waals surface area contributed by atoms with E-state index in [9.17, 15) is 20.1 Å². The zero-order valence-corrected chi connectivity index (χ0v) is 13.1. The second-order valence-corrected chi connectivity index (χ2v) is 6.61. The fourth-order valence-electron chi connectivity index (χ4n) is 2.67. The molecule has 0 saturated carbocycles. The number of phenolic OH excluding ortho intramolecular Hbond substituents is 1. The molecule has 1 rings (SSSR count). The third-order valence-electron chi connectivity index (χ3n) is 3.63. The van der Waals surface area contributed by atoms with Crippen molar-refractivity contribution in [1.82, 2.24) is 4.90 Å². The zero-order valence-electron chi connectivity index (χ0n) is 13.1. The molecule has 0 unspecified atom stereocenters. The Morgan fingerprint density at radius 3 is 2.05 bits per heavy atom. The summed E-state index contributed by atoms with van der Waals surface area (Å²) < 4.78 is 0. The van der Waals surface area contributed by atoms with Crippen molar-refractivity contribution in [3.05, 3.63) is 29.8 Å². The van der Waals surface area contributed by atoms with Crippen LogP contribution in [0.25, 0.3) is 0 Å². The number of carbonyl (C=O) groups is 1. The number of rotatable bonds is 5. The number of aryl methyl sites for hydroxylation is 1. The third-order valence-corrected chi connectivity index (χ3v) is 3.63. The lowest BCUT2D eigenvalue weighted by molar-refractivity contribution is -0.0106. The van der Waals surface area contributed by atoms with Crippen LogP contribution in [0.4, 0.5) is 4.79 Å². The van der Waals surface area contributed by atoms with E-state index in [-0.39, 0.29) is 12.4 Å². The van der Waals surface area contributed by atoms with Crippen molar-refractivity contribution in [2.75, 3.05) is 6.61 Å². The van der Waals surface area contributed by atoms with Crippen LogP contribution in [0, 0.1) is 0 Å². The molecule has 0 aliphatic carbocycles. The highest BCUT2D eigenvalue weighted by Gasteiger charge is 2.41. The Balaban J connectivity index is 2.92. The Morgan fingerprint density at radius 1 is 1.14 bits per heavy atom. The Hall–Kier alpha value is -1.75. The molecule has 0 aliphatic rings. The van der Waals surface area contributed by atoms with E-state index in [4.69, 9.17) is 0 Å². The van der Waals surface area contributed by atoms with E-state index in [0.29, 0.717) is 12.8 Å². The van der Waals surface area contributed by atoms with E-state index < -0.39 is 17.2 Å². The van der Waals surface area contributed by atoms with Crippen LogP contribution in [0.1, 0.15) is 39.7 Å². The maximum Gasteiger partial charge on any atom is 0.408 e. The molecule has 5 heteroatoms. The minimum atomic E-state index is -1.04. The maximum atomic E-state index is 11.6. The van der Waals surface area contributed by atoms with Crippen molar-refractivity contribution in [2.24, 2.45) is 0 Å². The van der Waals surface area contributed by atoms with E-state index in [1.807, 2.05) is 20.8 Å². The second-order valence-electron chi connectivity index (χ2n) is 6.61. The normalized spacial score (nSPS) is 14.5. The predicted octanol–water partition coefficient (Wildman–Crippen LogP) is 2.85. The van der Waals surface area contributed by atoms with Crippen LogP contribution in [-0.2, 0) is 6.42 Å². The second kappa shape index (κ2) is 6.35. The molecule has 0 aliphatic heterocycles. The molecule has 5 nitrogen and oxygen atoms in total. The lowest BCUT2D eigenvalue weighted by atomic mass is 9.88. The number of aromatic hydroxyl groups is 1. The first-order chi connectivity index (χ1) is 9.60. The van der Waals surface area contributed by atoms with Crippen LogP contribution < -0.4 is 0 Å². The predicted molar refractivity (Wildman–Crippen MR) is 81.5 cm³/mol. The first kappa shape index (κ1) is 17.3. The molecule has 1 aromatic rings. The number of carboxylic acid groups (broad SMARTS) is 1. The lowest BCUT2D eigenvalue weighted by Crippen LogP contribution is -2.60. The number of phenols is 1. The van der Waals surface area contributed by atoms with Gasteiger partial charge >= 0.3 is 6.09 Å². The number of benzene rings is 1. The molecule has 0 fully saturated rings. The van der Waals surface area contributed by atoms with Crippen molar-refractivity contribution >= 4 is 6.09 Å². The molecule has 0 saturated heterocycles. The van der Waals surface area contributed by atoms with Gasteiger partial charge < -0.3 is 15.3 Å². The summed E-state index contributed by atoms with van der Waals surface area (Å²) >= 11 is 0. The number of nitrogens with zero attached hydrogens (tertiary/aromatic N) is 1. The molecule has 21 heavy (non-hydrogen) atoms. The van der Waals surface area contributed by atoms with Gasteiger partial charge in [-0.15, -0.1) is 0 Å². The van der Waals surface area contributed by atoms with E-state index >= 15 is 0 Å². The molecule has 1 atom stereocenters. The topological polar surface area (TPSA) is 81.0 Å². The van der Waals surface area contributed by atoms with Gasteiger partial charge in [0.15, 0.2) is 0 Å². The minimum Gasteiger partial charge on any atom is -0.508 e. The Labute approximate surface area is 125 Å². The largest absolute Gasteiger partial charge is 0.508 e. The SMILES string of the molecule is CC(C)(C)N(C(=O)O)[C@@](C)(CO)CCc1ccc(O)cc1. The summed E-state index contributed by atoms with van der Waals surface area (Å²) in [7, 11) is 0. The maximum absolute atomic E-state index is 11.6. The lowest BCUT2D eigenvalue weighted by Gasteiger charge is -2.46. The van der Waals surface area contributed by atoms with E-state index in [1.165, 1.54) is 4.90 Å². The molecule has 3 N–H and O–H groups in total. The molecule has 0 spiro atoms. The van der Waals surface area contributed by atoms with Crippen molar-refractivity contribution in [2.45, 2.75) is 51.6 Å². The molecule has 0 aromatic heterocycles. The molecule has 118 valence electrons. The third kappa shape index (κ3) is 4.36. The van der Waals surface area contributed by atoms with Crippen LogP contribution >= 0.6 is 0 Å². The van der Waals surface area contributed by atoms with Crippen molar-refractivity contribution in [1.29, 1.82) is 0 Å². The molecule has 1 aromatic carbocycles. The first-order valence-electron chi connectivity index (χ1n) is 7.02. The van der Waals surface area contributed by atoms with Gasteiger partial charge in [0.05, 0.1) is 12.1 Å². The molecule has 1 amide bonds. The highest BCUT2D eigenvalue weighted by atomic mass is 16.4. The minimum absolute atomic E-state index is 0.200. The van der Waals surface area contributed by atoms with E-state index in [2.05, 4.69) is 0 Å². The van der Waals surface area contributed by atoms with Gasteiger partial charge in [0, 0.05) is 5.54 Å². The van der Waals surface area contributed by atoms with Crippen LogP contribution in [0.15, 0.2) is 24.3 Å². The summed E-state index contributed by atoms with van der Waals surface area (Å²) in [4.78, 5) is 12.9. The van der Waals surface area contributed by atoms with Crippen LogP contribution in [0.3, 0.4) is 0 Å². The Morgan fingerprint density at radius 2 is 1.67 bits per heavy atom. The Kier molecular flexibility index (Phi) is 5.23. The quantitative estimate of drug-likeness (QED) is 0.780. The summed E-state index contributed by atoms with van der Waals surface area (Å²) in [6.07, 6.45) is 0.0828. The number of aliphatic hydroxyl groups is 1. The standard InChI is InChI=1S/C16H25NO4/c1-15(2,3)17(14(20)21)16(4,11-18)10-9-12-5-7-13(19)8-6-12/h5-8,18-19H,9-11H2,1-4H3,(H,20,21)/t16-/m1/s1. The fraction of sp³-hybridized carbons (Fsp3) is 0.562. The monoisotopic (exact) mass is 295 g/mol. The van der Waals surface area contributed by atoms with Gasteiger partial charge in [-0.1, -0.05) is 12.1 Å². The van der Waals surface area contributed by atoms with Gasteiger partial charge in [-0.05, 0) is 58.2 Å². The number of hydrogen-bond acceptors (Lipinski definition) is 3. The first-order valence-corrected chi connectivity index (χ1v) is 7.02. The summed E-state index contributed by atoms with van der Waals surface area (Å²) in [6.45, 7) is 6.96. The highest BCUT2D eigenvalue weighted by molar-refractivity contribution is 5.67. The molecular formula is C16H25NO4. The molecule has 0 radical (unpaired) electrons. The molecular weight excluding hydrogens is 270 g/mol.